The van der Waals surface area contributed by atoms with Gasteiger partial charge in [0, 0.05) is 17.8 Å². The zero-order valence-corrected chi connectivity index (χ0v) is 17.8. The summed E-state index contributed by atoms with van der Waals surface area (Å²) >= 11 is 0. The Bertz CT molecular complexity index is 1280. The summed E-state index contributed by atoms with van der Waals surface area (Å²) in [4.78, 5) is 28.8. The molecule has 0 saturated heterocycles. The molecule has 0 spiro atoms. The minimum atomic E-state index is -3.66. The largest absolute Gasteiger partial charge is 0.459 e. The SMILES string of the molecule is C[C@H](N=C1NS(=O)(=O)c2ccccc21)C(=O)NCc1ccc(NC(=O)c2ccco2)cc1. The molecule has 0 unspecified atom stereocenters. The number of amidine groups is 1. The van der Waals surface area contributed by atoms with E-state index in [2.05, 4.69) is 20.3 Å². The molecule has 164 valence electrons. The molecular weight excluding hydrogens is 432 g/mol. The molecule has 4 rings (SSSR count). The molecule has 0 bridgehead atoms. The predicted molar refractivity (Wildman–Crippen MR) is 118 cm³/mol. The van der Waals surface area contributed by atoms with Gasteiger partial charge in [0.2, 0.25) is 5.91 Å². The number of hydrogen-bond acceptors (Lipinski definition) is 6. The Kier molecular flexibility index (Phi) is 5.78. The van der Waals surface area contributed by atoms with Gasteiger partial charge in [-0.1, -0.05) is 24.3 Å². The standard InChI is InChI=1S/C22H20N4O5S/c1-14(24-20-17-5-2-3-7-19(17)32(29,30)26-20)21(27)23-13-15-8-10-16(11-9-15)25-22(28)18-6-4-12-31-18/h2-12,14H,13H2,1H3,(H,23,27)(H,24,26)(H,25,28)/t14-/m0/s1. The highest BCUT2D eigenvalue weighted by molar-refractivity contribution is 7.90. The van der Waals surface area contributed by atoms with Gasteiger partial charge in [0.05, 0.1) is 11.2 Å². The summed E-state index contributed by atoms with van der Waals surface area (Å²) in [6.45, 7) is 1.84. The van der Waals surface area contributed by atoms with Crippen molar-refractivity contribution in [3.63, 3.8) is 0 Å². The van der Waals surface area contributed by atoms with Crippen molar-refractivity contribution in [1.29, 1.82) is 0 Å². The molecule has 0 radical (unpaired) electrons. The van der Waals surface area contributed by atoms with Crippen LogP contribution >= 0.6 is 0 Å². The van der Waals surface area contributed by atoms with E-state index >= 15 is 0 Å². The molecule has 0 saturated carbocycles. The van der Waals surface area contributed by atoms with E-state index in [0.29, 0.717) is 11.3 Å². The Morgan fingerprint density at radius 2 is 1.81 bits per heavy atom. The Labute approximate surface area is 184 Å². The van der Waals surface area contributed by atoms with Gasteiger partial charge in [-0.15, -0.1) is 0 Å². The van der Waals surface area contributed by atoms with Gasteiger partial charge in [0.1, 0.15) is 11.9 Å². The minimum absolute atomic E-state index is 0.144. The summed E-state index contributed by atoms with van der Waals surface area (Å²) in [6, 6.07) is 15.9. The van der Waals surface area contributed by atoms with Crippen molar-refractivity contribution in [3.05, 3.63) is 83.8 Å². The smallest absolute Gasteiger partial charge is 0.291 e. The number of aliphatic imine (C=N–C) groups is 1. The lowest BCUT2D eigenvalue weighted by molar-refractivity contribution is -0.122. The molecule has 1 aliphatic heterocycles. The number of sulfonamides is 1. The van der Waals surface area contributed by atoms with Crippen molar-refractivity contribution >= 4 is 33.4 Å². The molecule has 0 fully saturated rings. The molecule has 2 aromatic carbocycles. The summed E-state index contributed by atoms with van der Waals surface area (Å²) in [6.07, 6.45) is 1.42. The summed E-state index contributed by atoms with van der Waals surface area (Å²) in [5.74, 6) is -0.339. The lowest BCUT2D eigenvalue weighted by Gasteiger charge is -2.10. The van der Waals surface area contributed by atoms with Crippen LogP contribution in [0.3, 0.4) is 0 Å². The maximum atomic E-state index is 12.5. The highest BCUT2D eigenvalue weighted by atomic mass is 32.2. The number of benzene rings is 2. The van der Waals surface area contributed by atoms with Crippen molar-refractivity contribution in [2.24, 2.45) is 4.99 Å². The molecule has 32 heavy (non-hydrogen) atoms. The van der Waals surface area contributed by atoms with E-state index in [4.69, 9.17) is 4.42 Å². The summed E-state index contributed by atoms with van der Waals surface area (Å²) in [5, 5.41) is 5.49. The Morgan fingerprint density at radius 1 is 1.06 bits per heavy atom. The molecule has 2 heterocycles. The quantitative estimate of drug-likeness (QED) is 0.528. The van der Waals surface area contributed by atoms with E-state index in [1.54, 1.807) is 61.5 Å². The van der Waals surface area contributed by atoms with Gasteiger partial charge in [-0.2, -0.15) is 0 Å². The zero-order valence-electron chi connectivity index (χ0n) is 17.0. The van der Waals surface area contributed by atoms with Crippen LogP contribution < -0.4 is 15.4 Å². The highest BCUT2D eigenvalue weighted by Crippen LogP contribution is 2.22. The lowest BCUT2D eigenvalue weighted by atomic mass is 10.2. The highest BCUT2D eigenvalue weighted by Gasteiger charge is 2.31. The average molecular weight is 452 g/mol. The van der Waals surface area contributed by atoms with Crippen molar-refractivity contribution in [3.8, 4) is 0 Å². The Morgan fingerprint density at radius 3 is 2.53 bits per heavy atom. The second kappa shape index (κ2) is 8.67. The number of anilines is 1. The molecule has 9 nitrogen and oxygen atoms in total. The number of nitrogens with zero attached hydrogens (tertiary/aromatic N) is 1. The first-order valence-corrected chi connectivity index (χ1v) is 11.2. The fourth-order valence-electron chi connectivity index (χ4n) is 3.13. The van der Waals surface area contributed by atoms with Gasteiger partial charge in [0.15, 0.2) is 5.76 Å². The fourth-order valence-corrected chi connectivity index (χ4v) is 4.36. The van der Waals surface area contributed by atoms with Gasteiger partial charge in [-0.25, -0.2) is 8.42 Å². The Hall–Kier alpha value is -3.92. The van der Waals surface area contributed by atoms with E-state index in [1.807, 2.05) is 0 Å². The molecule has 3 N–H and O–H groups in total. The van der Waals surface area contributed by atoms with Crippen molar-refractivity contribution < 1.29 is 22.4 Å². The zero-order chi connectivity index (χ0) is 22.7. The molecule has 0 aliphatic carbocycles. The monoisotopic (exact) mass is 452 g/mol. The van der Waals surface area contributed by atoms with Crippen LogP contribution in [0.1, 0.15) is 28.6 Å². The molecule has 2 amide bonds. The van der Waals surface area contributed by atoms with Crippen LogP contribution in [0.2, 0.25) is 0 Å². The third kappa shape index (κ3) is 4.54. The van der Waals surface area contributed by atoms with E-state index in [9.17, 15) is 18.0 Å². The van der Waals surface area contributed by atoms with Crippen LogP contribution in [0.4, 0.5) is 5.69 Å². The summed E-state index contributed by atoms with van der Waals surface area (Å²) < 4.78 is 31.8. The third-order valence-corrected chi connectivity index (χ3v) is 6.19. The average Bonchev–Trinajstić information content (AvgIpc) is 3.40. The van der Waals surface area contributed by atoms with Gasteiger partial charge in [0.25, 0.3) is 15.9 Å². The number of carbonyl (C=O) groups excluding carboxylic acids is 2. The first-order valence-electron chi connectivity index (χ1n) is 9.75. The number of amides is 2. The normalized spacial score (nSPS) is 16.1. The maximum absolute atomic E-state index is 12.5. The first kappa shape index (κ1) is 21.3. The number of rotatable bonds is 6. The number of carbonyl (C=O) groups is 2. The van der Waals surface area contributed by atoms with Gasteiger partial charge in [-0.3, -0.25) is 19.3 Å². The first-order chi connectivity index (χ1) is 15.3. The van der Waals surface area contributed by atoms with Gasteiger partial charge in [-0.05, 0) is 48.9 Å². The third-order valence-electron chi connectivity index (χ3n) is 4.79. The predicted octanol–water partition coefficient (Wildman–Crippen LogP) is 2.28. The van der Waals surface area contributed by atoms with Crippen LogP contribution in [0.5, 0.6) is 0 Å². The molecule has 1 atom stereocenters. The minimum Gasteiger partial charge on any atom is -0.459 e. The second-order valence-electron chi connectivity index (χ2n) is 7.10. The summed E-state index contributed by atoms with van der Waals surface area (Å²) in [7, 11) is -3.66. The molecular formula is C22H20N4O5S. The number of fused-ring (bicyclic) bond motifs is 1. The number of furan rings is 1. The fraction of sp³-hybridized carbons (Fsp3) is 0.136. The number of nitrogens with one attached hydrogen (secondary N) is 3. The second-order valence-corrected chi connectivity index (χ2v) is 8.75. The van der Waals surface area contributed by atoms with E-state index in [1.165, 1.54) is 12.3 Å². The van der Waals surface area contributed by atoms with Gasteiger partial charge >= 0.3 is 0 Å². The van der Waals surface area contributed by atoms with Crippen molar-refractivity contribution in [1.82, 2.24) is 10.0 Å². The van der Waals surface area contributed by atoms with E-state index < -0.39 is 16.1 Å². The van der Waals surface area contributed by atoms with Crippen LogP contribution in [0.15, 0.2) is 81.2 Å². The van der Waals surface area contributed by atoms with Gasteiger partial charge < -0.3 is 15.1 Å². The topological polar surface area (TPSA) is 130 Å². The van der Waals surface area contributed by atoms with Crippen LogP contribution in [0, 0.1) is 0 Å². The number of hydrogen-bond donors (Lipinski definition) is 3. The molecule has 1 aliphatic rings. The van der Waals surface area contributed by atoms with Crippen LogP contribution in [0.25, 0.3) is 0 Å². The van der Waals surface area contributed by atoms with E-state index in [0.717, 1.165) is 5.56 Å². The van der Waals surface area contributed by atoms with Crippen molar-refractivity contribution in [2.45, 2.75) is 24.4 Å². The maximum Gasteiger partial charge on any atom is 0.291 e. The van der Waals surface area contributed by atoms with E-state index in [-0.39, 0.29) is 34.9 Å². The Balaban J connectivity index is 1.35. The molecule has 1 aromatic heterocycles. The van der Waals surface area contributed by atoms with Crippen LogP contribution in [-0.4, -0.2) is 32.1 Å². The van der Waals surface area contributed by atoms with Crippen LogP contribution in [-0.2, 0) is 21.4 Å². The molecule has 3 aromatic rings. The summed E-state index contributed by atoms with van der Waals surface area (Å²) in [5.41, 5.74) is 1.86. The van der Waals surface area contributed by atoms with Crippen molar-refractivity contribution in [2.75, 3.05) is 5.32 Å². The lowest BCUT2D eigenvalue weighted by Crippen LogP contribution is -2.33. The molecule has 10 heteroatoms.